The summed E-state index contributed by atoms with van der Waals surface area (Å²) < 4.78 is 0. The van der Waals surface area contributed by atoms with Gasteiger partial charge < -0.3 is 9.80 Å². The Labute approximate surface area is 259 Å². The van der Waals surface area contributed by atoms with Crippen molar-refractivity contribution in [3.05, 3.63) is 107 Å². The third-order valence-corrected chi connectivity index (χ3v) is 8.59. The van der Waals surface area contributed by atoms with Crippen LogP contribution in [0.2, 0.25) is 0 Å². The Kier molecular flexibility index (Phi) is 12.7. The van der Waals surface area contributed by atoms with Crippen LogP contribution in [-0.4, -0.2) is 60.0 Å². The van der Waals surface area contributed by atoms with Crippen molar-refractivity contribution < 1.29 is 4.79 Å². The van der Waals surface area contributed by atoms with Crippen LogP contribution in [0, 0.1) is 0 Å². The summed E-state index contributed by atoms with van der Waals surface area (Å²) in [7, 11) is 1.81. The Morgan fingerprint density at radius 3 is 2.05 bits per heavy atom. The number of amidine groups is 1. The van der Waals surface area contributed by atoms with Gasteiger partial charge in [-0.25, -0.2) is 4.99 Å². The number of nitrogens with zero attached hydrogens (tertiary/aromatic N) is 4. The highest BCUT2D eigenvalue weighted by Gasteiger charge is 2.28. The van der Waals surface area contributed by atoms with Gasteiger partial charge in [0.15, 0.2) is 5.84 Å². The van der Waals surface area contributed by atoms with Gasteiger partial charge in [-0.15, -0.1) is 0 Å². The highest BCUT2D eigenvalue weighted by molar-refractivity contribution is 6.12. The number of rotatable bonds is 13. The molecule has 1 saturated heterocycles. The first-order valence-corrected chi connectivity index (χ1v) is 16.4. The monoisotopic (exact) mass is 578 g/mol. The first-order chi connectivity index (χ1) is 21.1. The topological polar surface area (TPSA) is 48.3 Å². The zero-order valence-corrected chi connectivity index (χ0v) is 26.8. The van der Waals surface area contributed by atoms with E-state index in [-0.39, 0.29) is 11.9 Å². The van der Waals surface area contributed by atoms with Crippen molar-refractivity contribution in [3.63, 3.8) is 0 Å². The normalized spacial score (nSPS) is 15.1. The van der Waals surface area contributed by atoms with E-state index in [1.54, 1.807) is 7.05 Å². The van der Waals surface area contributed by atoms with Crippen LogP contribution in [0.15, 0.2) is 88.8 Å². The smallest absolute Gasteiger partial charge is 0.254 e. The molecule has 1 heterocycles. The van der Waals surface area contributed by atoms with E-state index in [1.807, 2.05) is 18.2 Å². The second-order valence-corrected chi connectivity index (χ2v) is 11.7. The highest BCUT2D eigenvalue weighted by Crippen LogP contribution is 2.23. The predicted octanol–water partition coefficient (Wildman–Crippen LogP) is 8.21. The van der Waals surface area contributed by atoms with Gasteiger partial charge in [-0.2, -0.15) is 0 Å². The molecule has 1 aliphatic heterocycles. The van der Waals surface area contributed by atoms with Gasteiger partial charge in [0.1, 0.15) is 0 Å². The van der Waals surface area contributed by atoms with E-state index in [2.05, 4.69) is 96.2 Å². The molecule has 228 valence electrons. The van der Waals surface area contributed by atoms with Gasteiger partial charge in [-0.1, -0.05) is 107 Å². The summed E-state index contributed by atoms with van der Waals surface area (Å²) >= 11 is 0. The number of aryl methyl sites for hydroxylation is 1. The van der Waals surface area contributed by atoms with Crippen LogP contribution in [0.3, 0.4) is 0 Å². The molecule has 0 radical (unpaired) electrons. The number of likely N-dealkylation sites (tertiary alicyclic amines) is 1. The Hall–Kier alpha value is -3.57. The quantitative estimate of drug-likeness (QED) is 0.117. The van der Waals surface area contributed by atoms with Crippen molar-refractivity contribution in [1.82, 2.24) is 9.80 Å². The minimum absolute atomic E-state index is 0.131. The summed E-state index contributed by atoms with van der Waals surface area (Å²) in [6.45, 7) is 10.4. The van der Waals surface area contributed by atoms with Crippen LogP contribution in [0.5, 0.6) is 0 Å². The van der Waals surface area contributed by atoms with E-state index in [4.69, 9.17) is 4.99 Å². The van der Waals surface area contributed by atoms with Gasteiger partial charge in [-0.05, 0) is 67.5 Å². The van der Waals surface area contributed by atoms with Crippen molar-refractivity contribution >= 4 is 17.5 Å². The van der Waals surface area contributed by atoms with E-state index in [9.17, 15) is 4.79 Å². The minimum Gasteiger partial charge on any atom is -0.331 e. The molecule has 1 aliphatic rings. The molecule has 0 spiro atoms. The lowest BCUT2D eigenvalue weighted by atomic mass is 9.99. The van der Waals surface area contributed by atoms with E-state index in [0.717, 1.165) is 85.5 Å². The van der Waals surface area contributed by atoms with Crippen molar-refractivity contribution in [2.24, 2.45) is 9.98 Å². The number of hydrogen-bond donors (Lipinski definition) is 0. The molecule has 5 heteroatoms. The molecule has 0 saturated carbocycles. The molecule has 3 aromatic carbocycles. The first kappa shape index (κ1) is 32.3. The average molecular weight is 579 g/mol. The van der Waals surface area contributed by atoms with Gasteiger partial charge in [0, 0.05) is 43.9 Å². The van der Waals surface area contributed by atoms with Crippen LogP contribution >= 0.6 is 0 Å². The standard InChI is InChI=1S/C38H50N4O/c1-5-8-10-14-30-17-23-34(24-18-30)38(43)42(35-25-27-41(7-3)28-26-35)29-31-19-21-33(22-20-31)37(39-4)40-36(13-6-2)32-15-11-9-12-16-32/h9,11-12,15-24,35H,5-8,10,13-14,25-29H2,1-4H3. The summed E-state index contributed by atoms with van der Waals surface area (Å²) in [4.78, 5) is 28.1. The molecule has 1 fully saturated rings. The van der Waals surface area contributed by atoms with Crippen LogP contribution in [0.25, 0.3) is 0 Å². The average Bonchev–Trinajstić information content (AvgIpc) is 3.06. The largest absolute Gasteiger partial charge is 0.331 e. The number of carbonyl (C=O) groups excluding carboxylic acids is 1. The molecular formula is C38H50N4O. The fourth-order valence-corrected chi connectivity index (χ4v) is 5.93. The van der Waals surface area contributed by atoms with Crippen LogP contribution in [0.4, 0.5) is 0 Å². The van der Waals surface area contributed by atoms with Crippen molar-refractivity contribution in [2.75, 3.05) is 26.7 Å². The maximum atomic E-state index is 14.0. The Morgan fingerprint density at radius 2 is 1.44 bits per heavy atom. The van der Waals surface area contributed by atoms with Gasteiger partial charge in [0.2, 0.25) is 0 Å². The van der Waals surface area contributed by atoms with Gasteiger partial charge in [0.05, 0.1) is 5.71 Å². The summed E-state index contributed by atoms with van der Waals surface area (Å²) in [5.74, 6) is 0.865. The lowest BCUT2D eigenvalue weighted by Crippen LogP contribution is -2.47. The fraction of sp³-hybridized carbons (Fsp3) is 0.447. The summed E-state index contributed by atoms with van der Waals surface area (Å²) in [5, 5.41) is 0. The van der Waals surface area contributed by atoms with Gasteiger partial charge >= 0.3 is 0 Å². The second kappa shape index (κ2) is 16.9. The lowest BCUT2D eigenvalue weighted by Gasteiger charge is -2.38. The number of aliphatic imine (C=N–C) groups is 2. The third kappa shape index (κ3) is 9.21. The van der Waals surface area contributed by atoms with Gasteiger partial charge in [0.25, 0.3) is 5.91 Å². The fourth-order valence-electron chi connectivity index (χ4n) is 5.93. The van der Waals surface area contributed by atoms with Crippen LogP contribution in [-0.2, 0) is 13.0 Å². The number of carbonyl (C=O) groups is 1. The molecule has 0 bridgehead atoms. The maximum Gasteiger partial charge on any atom is 0.254 e. The van der Waals surface area contributed by atoms with E-state index >= 15 is 0 Å². The lowest BCUT2D eigenvalue weighted by molar-refractivity contribution is 0.0554. The predicted molar refractivity (Wildman–Crippen MR) is 181 cm³/mol. The number of benzene rings is 3. The zero-order valence-electron chi connectivity index (χ0n) is 26.8. The molecule has 0 N–H and O–H groups in total. The number of unbranched alkanes of at least 4 members (excludes halogenated alkanes) is 2. The number of amides is 1. The van der Waals surface area contributed by atoms with Crippen molar-refractivity contribution in [2.45, 2.75) is 84.7 Å². The molecule has 4 rings (SSSR count). The molecule has 0 aromatic heterocycles. The second-order valence-electron chi connectivity index (χ2n) is 11.7. The third-order valence-electron chi connectivity index (χ3n) is 8.59. The molecule has 0 aliphatic carbocycles. The maximum absolute atomic E-state index is 14.0. The SMILES string of the molecule is CCCCCc1ccc(C(=O)N(Cc2ccc(C(N=C(CCC)c3ccccc3)=NC)cc2)C2CCN(CC)CC2)cc1. The van der Waals surface area contributed by atoms with Crippen molar-refractivity contribution in [3.8, 4) is 0 Å². The zero-order chi connectivity index (χ0) is 30.4. The minimum atomic E-state index is 0.131. The van der Waals surface area contributed by atoms with Crippen LogP contribution < -0.4 is 0 Å². The molecule has 0 unspecified atom stereocenters. The van der Waals surface area contributed by atoms with Gasteiger partial charge in [-0.3, -0.25) is 9.79 Å². The van der Waals surface area contributed by atoms with Crippen molar-refractivity contribution in [1.29, 1.82) is 0 Å². The first-order valence-electron chi connectivity index (χ1n) is 16.4. The molecular weight excluding hydrogens is 528 g/mol. The van der Waals surface area contributed by atoms with E-state index < -0.39 is 0 Å². The summed E-state index contributed by atoms with van der Waals surface area (Å²) in [6, 6.07) is 27.4. The van der Waals surface area contributed by atoms with E-state index in [0.29, 0.717) is 6.54 Å². The molecule has 1 amide bonds. The van der Waals surface area contributed by atoms with Crippen LogP contribution in [0.1, 0.15) is 98.3 Å². The summed E-state index contributed by atoms with van der Waals surface area (Å²) in [5.41, 5.74) is 6.41. The summed E-state index contributed by atoms with van der Waals surface area (Å²) in [6.07, 6.45) is 8.67. The Bertz CT molecular complexity index is 1320. The highest BCUT2D eigenvalue weighted by atomic mass is 16.2. The Morgan fingerprint density at radius 1 is 0.791 bits per heavy atom. The Balaban J connectivity index is 1.53. The molecule has 3 aromatic rings. The molecule has 5 nitrogen and oxygen atoms in total. The molecule has 43 heavy (non-hydrogen) atoms. The molecule has 0 atom stereocenters. The number of piperidine rings is 1. The number of hydrogen-bond acceptors (Lipinski definition) is 3. The van der Waals surface area contributed by atoms with E-state index in [1.165, 1.54) is 24.8 Å².